The Bertz CT molecular complexity index is 1020. The topological polar surface area (TPSA) is 92.5 Å². The molecule has 0 aliphatic heterocycles. The fourth-order valence-corrected chi connectivity index (χ4v) is 5.33. The van der Waals surface area contributed by atoms with E-state index in [0.29, 0.717) is 16.3 Å². The summed E-state index contributed by atoms with van der Waals surface area (Å²) in [5.74, 6) is -0.497. The molecule has 0 fully saturated rings. The summed E-state index contributed by atoms with van der Waals surface area (Å²) in [5, 5.41) is 26.3. The Kier molecular flexibility index (Phi) is 6.86. The zero-order valence-corrected chi connectivity index (χ0v) is 19.0. The van der Waals surface area contributed by atoms with Gasteiger partial charge in [0, 0.05) is 17.5 Å². The van der Waals surface area contributed by atoms with Crippen LogP contribution in [0.5, 0.6) is 0 Å². The Morgan fingerprint density at radius 1 is 1.23 bits per heavy atom. The van der Waals surface area contributed by atoms with Gasteiger partial charge in [-0.15, -0.1) is 11.8 Å². The number of rotatable bonds is 6. The minimum Gasteiger partial charge on any atom is -0.388 e. The second-order valence-corrected chi connectivity index (χ2v) is 9.34. The molecule has 3 unspecified atom stereocenters. The summed E-state index contributed by atoms with van der Waals surface area (Å²) < 4.78 is 0. The first kappa shape index (κ1) is 23.0. The normalized spacial score (nSPS) is 23.5. The van der Waals surface area contributed by atoms with Gasteiger partial charge in [-0.1, -0.05) is 55.0 Å². The molecule has 1 aliphatic carbocycles. The van der Waals surface area contributed by atoms with E-state index in [2.05, 4.69) is 5.32 Å². The Labute approximate surface area is 186 Å². The van der Waals surface area contributed by atoms with Crippen LogP contribution in [0.25, 0.3) is 0 Å². The number of carbonyl (C=O) groups excluding carboxylic acids is 1. The Hall–Kier alpha value is -2.64. The van der Waals surface area contributed by atoms with E-state index in [1.807, 2.05) is 63.2 Å². The maximum atomic E-state index is 13.2. The highest BCUT2D eigenvalue weighted by atomic mass is 32.2. The van der Waals surface area contributed by atoms with Gasteiger partial charge in [0.15, 0.2) is 0 Å². The van der Waals surface area contributed by atoms with Crippen LogP contribution in [-0.4, -0.2) is 33.3 Å². The highest BCUT2D eigenvalue weighted by molar-refractivity contribution is 8.03. The second-order valence-electron chi connectivity index (χ2n) is 8.06. The number of benzene rings is 2. The maximum Gasteiger partial charge on any atom is 0.257 e. The van der Waals surface area contributed by atoms with E-state index in [9.17, 15) is 20.0 Å². The van der Waals surface area contributed by atoms with E-state index < -0.39 is 23.5 Å². The molecule has 3 atom stereocenters. The summed E-state index contributed by atoms with van der Waals surface area (Å²) in [7, 11) is 0. The van der Waals surface area contributed by atoms with Crippen LogP contribution >= 0.6 is 11.8 Å². The maximum absolute atomic E-state index is 13.2. The monoisotopic (exact) mass is 440 g/mol. The Balaban J connectivity index is 2.12. The highest BCUT2D eigenvalue weighted by Gasteiger charge is 2.56. The molecule has 2 N–H and O–H groups in total. The van der Waals surface area contributed by atoms with Crippen molar-refractivity contribution in [2.75, 3.05) is 11.1 Å². The highest BCUT2D eigenvalue weighted by Crippen LogP contribution is 2.50. The molecule has 7 heteroatoms. The van der Waals surface area contributed by atoms with Crippen molar-refractivity contribution in [3.05, 3.63) is 85.8 Å². The zero-order valence-electron chi connectivity index (χ0n) is 18.2. The lowest BCUT2D eigenvalue weighted by Crippen LogP contribution is -2.49. The van der Waals surface area contributed by atoms with E-state index in [-0.39, 0.29) is 16.9 Å². The fourth-order valence-electron chi connectivity index (χ4n) is 4.15. The molecular weight excluding hydrogens is 412 g/mol. The van der Waals surface area contributed by atoms with E-state index >= 15 is 0 Å². The fraction of sp³-hybridized carbons (Fsp3) is 0.375. The van der Waals surface area contributed by atoms with Gasteiger partial charge in [0.25, 0.3) is 11.4 Å². The van der Waals surface area contributed by atoms with Crippen molar-refractivity contribution in [2.45, 2.75) is 51.7 Å². The zero-order chi connectivity index (χ0) is 22.8. The second kappa shape index (κ2) is 9.24. The minimum absolute atomic E-state index is 0.0951. The number of aryl methyl sites for hydroxylation is 2. The van der Waals surface area contributed by atoms with Crippen LogP contribution in [0.1, 0.15) is 42.9 Å². The van der Waals surface area contributed by atoms with Crippen molar-refractivity contribution in [1.29, 1.82) is 0 Å². The minimum atomic E-state index is -1.52. The van der Waals surface area contributed by atoms with Crippen molar-refractivity contribution >= 4 is 23.4 Å². The van der Waals surface area contributed by atoms with Crippen molar-refractivity contribution < 1.29 is 14.8 Å². The molecule has 0 bridgehead atoms. The van der Waals surface area contributed by atoms with Crippen molar-refractivity contribution in [3.63, 3.8) is 0 Å². The molecular formula is C24H28N2O4S. The predicted octanol–water partition coefficient (Wildman–Crippen LogP) is 4.83. The number of nitro groups is 1. The Morgan fingerprint density at radius 3 is 2.45 bits per heavy atom. The number of aliphatic hydroxyl groups excluding tert-OH is 1. The summed E-state index contributed by atoms with van der Waals surface area (Å²) in [5.41, 5.74) is 1.92. The number of hydrogen-bond acceptors (Lipinski definition) is 5. The van der Waals surface area contributed by atoms with Crippen LogP contribution in [0.2, 0.25) is 0 Å². The third-order valence-corrected chi connectivity index (χ3v) is 7.17. The first-order chi connectivity index (χ1) is 14.7. The number of nitrogens with zero attached hydrogens (tertiary/aromatic N) is 1. The average molecular weight is 441 g/mol. The molecule has 0 radical (unpaired) electrons. The summed E-state index contributed by atoms with van der Waals surface area (Å²) in [4.78, 5) is 25.7. The van der Waals surface area contributed by atoms with Gasteiger partial charge >= 0.3 is 0 Å². The molecule has 6 nitrogen and oxygen atoms in total. The number of thioether (sulfide) groups is 1. The van der Waals surface area contributed by atoms with Gasteiger partial charge in [0.05, 0.1) is 22.5 Å². The summed E-state index contributed by atoms with van der Waals surface area (Å²) in [6.45, 7) is 7.29. The number of hydrogen-bond donors (Lipinski definition) is 2. The molecule has 3 rings (SSSR count). The van der Waals surface area contributed by atoms with Crippen molar-refractivity contribution in [3.8, 4) is 0 Å². The van der Waals surface area contributed by atoms with Crippen LogP contribution in [0.4, 0.5) is 5.69 Å². The van der Waals surface area contributed by atoms with Gasteiger partial charge in [-0.3, -0.25) is 14.9 Å². The van der Waals surface area contributed by atoms with Crippen LogP contribution in [-0.2, 0) is 4.79 Å². The van der Waals surface area contributed by atoms with Crippen LogP contribution < -0.4 is 5.32 Å². The number of carbonyl (C=O) groups is 1. The van der Waals surface area contributed by atoms with E-state index in [4.69, 9.17) is 0 Å². The summed E-state index contributed by atoms with van der Waals surface area (Å²) in [6.07, 6.45) is -0.998. The molecule has 0 aromatic heterocycles. The van der Waals surface area contributed by atoms with Gasteiger partial charge < -0.3 is 10.4 Å². The summed E-state index contributed by atoms with van der Waals surface area (Å²) in [6, 6.07) is 14.9. The van der Waals surface area contributed by atoms with Gasteiger partial charge in [-0.25, -0.2) is 0 Å². The number of para-hydroxylation sites is 1. The van der Waals surface area contributed by atoms with Crippen molar-refractivity contribution in [2.24, 2.45) is 0 Å². The Morgan fingerprint density at radius 2 is 1.87 bits per heavy atom. The van der Waals surface area contributed by atoms with Crippen LogP contribution in [0.3, 0.4) is 0 Å². The molecule has 2 aromatic rings. The van der Waals surface area contributed by atoms with Crippen molar-refractivity contribution in [1.82, 2.24) is 0 Å². The van der Waals surface area contributed by atoms with E-state index in [1.54, 1.807) is 13.0 Å². The number of nitrogens with one attached hydrogen (secondary N) is 1. The van der Waals surface area contributed by atoms with E-state index in [0.717, 1.165) is 16.7 Å². The van der Waals surface area contributed by atoms with E-state index in [1.165, 1.54) is 11.8 Å². The standard InChI is InChI=1S/C24H28N2O4S/c1-5-31-22-21(23(28)25-19-9-7-6-8-16(19)3)20(27)14-18(24(22,4)26(29)30)17-12-10-15(2)11-13-17/h6-13,18,20,27H,5,14H2,1-4H3,(H,25,28). The lowest BCUT2D eigenvalue weighted by atomic mass is 9.71. The third kappa shape index (κ3) is 4.38. The summed E-state index contributed by atoms with van der Waals surface area (Å²) >= 11 is 1.26. The van der Waals surface area contributed by atoms with Gasteiger partial charge in [0.1, 0.15) is 0 Å². The van der Waals surface area contributed by atoms with Crippen LogP contribution in [0, 0.1) is 24.0 Å². The molecule has 1 aliphatic rings. The smallest absolute Gasteiger partial charge is 0.257 e. The third-order valence-electron chi connectivity index (χ3n) is 5.96. The molecule has 1 amide bonds. The predicted molar refractivity (Wildman–Crippen MR) is 125 cm³/mol. The van der Waals surface area contributed by atoms with Gasteiger partial charge in [-0.05, 0) is 43.2 Å². The molecule has 31 heavy (non-hydrogen) atoms. The molecule has 0 heterocycles. The molecule has 164 valence electrons. The number of amides is 1. The largest absolute Gasteiger partial charge is 0.388 e. The molecule has 0 saturated heterocycles. The van der Waals surface area contributed by atoms with Gasteiger partial charge in [-0.2, -0.15) is 0 Å². The molecule has 0 saturated carbocycles. The lowest BCUT2D eigenvalue weighted by molar-refractivity contribution is -0.557. The SMILES string of the molecule is CCSC1=C(C(=O)Nc2ccccc2C)C(O)CC(c2ccc(C)cc2)C1(C)[N+](=O)[O-]. The molecule has 2 aromatic carbocycles. The number of aliphatic hydroxyl groups is 1. The van der Waals surface area contributed by atoms with Crippen LogP contribution in [0.15, 0.2) is 59.0 Å². The molecule has 0 spiro atoms. The quantitative estimate of drug-likeness (QED) is 0.496. The first-order valence-corrected chi connectivity index (χ1v) is 11.3. The van der Waals surface area contributed by atoms with Gasteiger partial charge in [0.2, 0.25) is 0 Å². The number of anilines is 1. The first-order valence-electron chi connectivity index (χ1n) is 10.3. The lowest BCUT2D eigenvalue weighted by Gasteiger charge is -2.39. The average Bonchev–Trinajstić information content (AvgIpc) is 2.73.